The number of hydrogen-bond donors (Lipinski definition) is 1. The number of ether oxygens (including phenoxy) is 1. The van der Waals surface area contributed by atoms with E-state index in [0.717, 1.165) is 48.5 Å². The molecule has 1 N–H and O–H groups in total. The molecule has 176 valence electrons. The van der Waals surface area contributed by atoms with Gasteiger partial charge in [0.2, 0.25) is 5.91 Å². The monoisotopic (exact) mass is 446 g/mol. The minimum absolute atomic E-state index is 0.0560. The molecular weight excluding hydrogens is 408 g/mol. The molecule has 1 aliphatic carbocycles. The summed E-state index contributed by atoms with van der Waals surface area (Å²) >= 11 is 0. The van der Waals surface area contributed by atoms with Crippen LogP contribution in [0, 0.1) is 13.8 Å². The lowest BCUT2D eigenvalue weighted by Crippen LogP contribution is -2.34. The topological polar surface area (TPSA) is 50.7 Å². The molecular formula is C29H38N2O2. The molecule has 2 aromatic carbocycles. The molecule has 0 heterocycles. The van der Waals surface area contributed by atoms with Gasteiger partial charge in [0, 0.05) is 18.2 Å². The Hall–Kier alpha value is -2.88. The molecule has 0 saturated heterocycles. The van der Waals surface area contributed by atoms with Crippen molar-refractivity contribution >= 4 is 11.6 Å². The first-order valence-electron chi connectivity index (χ1n) is 12.1. The quantitative estimate of drug-likeness (QED) is 0.496. The molecule has 0 aliphatic heterocycles. The first-order valence-corrected chi connectivity index (χ1v) is 12.1. The van der Waals surface area contributed by atoms with Crippen molar-refractivity contribution in [2.45, 2.75) is 78.8 Å². The van der Waals surface area contributed by atoms with Gasteiger partial charge < -0.3 is 10.1 Å². The second-order valence-electron chi connectivity index (χ2n) is 9.43. The fourth-order valence-corrected chi connectivity index (χ4v) is 4.20. The van der Waals surface area contributed by atoms with Crippen molar-refractivity contribution in [3.63, 3.8) is 0 Å². The normalized spacial score (nSPS) is 17.1. The van der Waals surface area contributed by atoms with Crippen LogP contribution < -0.4 is 10.1 Å². The summed E-state index contributed by atoms with van der Waals surface area (Å²) < 4.78 is 5.84. The Balaban J connectivity index is 1.56. The lowest BCUT2D eigenvalue weighted by Gasteiger charge is -2.13. The summed E-state index contributed by atoms with van der Waals surface area (Å²) in [7, 11) is 0. The maximum atomic E-state index is 12.6. The maximum Gasteiger partial charge on any atom is 0.224 e. The molecule has 4 heteroatoms. The Kier molecular flexibility index (Phi) is 8.49. The molecule has 0 bridgehead atoms. The zero-order valence-electron chi connectivity index (χ0n) is 20.8. The third kappa shape index (κ3) is 6.56. The maximum absolute atomic E-state index is 12.6. The minimum Gasteiger partial charge on any atom is -0.493 e. The summed E-state index contributed by atoms with van der Waals surface area (Å²) in [6, 6.07) is 12.6. The molecule has 3 rings (SSSR count). The van der Waals surface area contributed by atoms with Crippen molar-refractivity contribution in [2.24, 2.45) is 4.99 Å². The number of nitrogens with zero attached hydrogens (tertiary/aromatic N) is 1. The number of carbonyl (C=O) groups is 1. The van der Waals surface area contributed by atoms with Crippen LogP contribution in [0.3, 0.4) is 0 Å². The van der Waals surface area contributed by atoms with E-state index in [1.165, 1.54) is 22.3 Å². The molecule has 1 fully saturated rings. The second-order valence-corrected chi connectivity index (χ2v) is 9.43. The molecule has 2 aromatic rings. The van der Waals surface area contributed by atoms with Crippen molar-refractivity contribution in [3.8, 4) is 5.75 Å². The smallest absolute Gasteiger partial charge is 0.224 e. The summed E-state index contributed by atoms with van der Waals surface area (Å²) in [5, 5.41) is 3.17. The van der Waals surface area contributed by atoms with Gasteiger partial charge in [0.15, 0.2) is 0 Å². The molecule has 4 nitrogen and oxygen atoms in total. The van der Waals surface area contributed by atoms with E-state index < -0.39 is 0 Å². The van der Waals surface area contributed by atoms with E-state index in [2.05, 4.69) is 76.8 Å². The summed E-state index contributed by atoms with van der Waals surface area (Å²) in [5.74, 6) is 1.51. The van der Waals surface area contributed by atoms with Gasteiger partial charge in [-0.2, -0.15) is 0 Å². The fraction of sp³-hybridized carbons (Fsp3) is 0.448. The third-order valence-electron chi connectivity index (χ3n) is 6.47. The van der Waals surface area contributed by atoms with E-state index in [1.54, 1.807) is 0 Å². The Morgan fingerprint density at radius 3 is 2.52 bits per heavy atom. The van der Waals surface area contributed by atoms with Crippen molar-refractivity contribution in [1.29, 1.82) is 0 Å². The molecule has 0 radical (unpaired) electrons. The largest absolute Gasteiger partial charge is 0.493 e. The minimum atomic E-state index is 0.0560. The Bertz CT molecular complexity index is 1020. The Morgan fingerprint density at radius 2 is 1.85 bits per heavy atom. The highest BCUT2D eigenvalue weighted by molar-refractivity contribution is 6.02. The second kappa shape index (κ2) is 11.3. The Morgan fingerprint density at radius 1 is 1.12 bits per heavy atom. The SMILES string of the molecule is C=C1CC(NC(=O)Cc2ccc(C(C)C)cc2)CC1=NCc1ccc(OCCC)c(C)c1C. The number of nitrogens with one attached hydrogen (secondary N) is 1. The van der Waals surface area contributed by atoms with Crippen molar-refractivity contribution in [1.82, 2.24) is 5.32 Å². The lowest BCUT2D eigenvalue weighted by molar-refractivity contribution is -0.121. The van der Waals surface area contributed by atoms with E-state index in [-0.39, 0.29) is 11.9 Å². The van der Waals surface area contributed by atoms with Gasteiger partial charge in [-0.05, 0) is 72.1 Å². The lowest BCUT2D eigenvalue weighted by atomic mass is 10.0. The highest BCUT2D eigenvalue weighted by atomic mass is 16.5. The number of hydrogen-bond acceptors (Lipinski definition) is 3. The van der Waals surface area contributed by atoms with Crippen LogP contribution in [0.1, 0.15) is 73.8 Å². The summed E-state index contributed by atoms with van der Waals surface area (Å²) in [6.07, 6.45) is 2.90. The predicted octanol–water partition coefficient (Wildman–Crippen LogP) is 6.23. The highest BCUT2D eigenvalue weighted by Crippen LogP contribution is 2.27. The summed E-state index contributed by atoms with van der Waals surface area (Å²) in [5.41, 5.74) is 7.99. The van der Waals surface area contributed by atoms with Crippen LogP contribution in [0.25, 0.3) is 0 Å². The summed E-state index contributed by atoms with van der Waals surface area (Å²) in [4.78, 5) is 17.4. The molecule has 0 spiro atoms. The fourth-order valence-electron chi connectivity index (χ4n) is 4.20. The summed E-state index contributed by atoms with van der Waals surface area (Å²) in [6.45, 7) is 16.3. The number of aliphatic imine (C=N–C) groups is 1. The predicted molar refractivity (Wildman–Crippen MR) is 137 cm³/mol. The van der Waals surface area contributed by atoms with Crippen LogP contribution in [-0.2, 0) is 17.8 Å². The number of carbonyl (C=O) groups excluding carboxylic acids is 1. The van der Waals surface area contributed by atoms with Gasteiger partial charge in [0.05, 0.1) is 19.6 Å². The van der Waals surface area contributed by atoms with E-state index in [0.29, 0.717) is 18.9 Å². The molecule has 33 heavy (non-hydrogen) atoms. The molecule has 1 aliphatic rings. The van der Waals surface area contributed by atoms with Crippen LogP contribution in [0.2, 0.25) is 0 Å². The zero-order chi connectivity index (χ0) is 24.0. The Labute approximate surface area is 199 Å². The van der Waals surface area contributed by atoms with Gasteiger partial charge in [-0.3, -0.25) is 9.79 Å². The van der Waals surface area contributed by atoms with Gasteiger partial charge >= 0.3 is 0 Å². The van der Waals surface area contributed by atoms with E-state index in [1.807, 2.05) is 6.07 Å². The first-order chi connectivity index (χ1) is 15.8. The number of rotatable bonds is 9. The van der Waals surface area contributed by atoms with Crippen LogP contribution in [0.5, 0.6) is 5.75 Å². The van der Waals surface area contributed by atoms with Crippen molar-refractivity contribution < 1.29 is 9.53 Å². The van der Waals surface area contributed by atoms with E-state index in [9.17, 15) is 4.79 Å². The highest BCUT2D eigenvalue weighted by Gasteiger charge is 2.25. The van der Waals surface area contributed by atoms with Crippen molar-refractivity contribution in [3.05, 3.63) is 76.4 Å². The molecule has 1 atom stereocenters. The molecule has 1 unspecified atom stereocenters. The molecule has 0 aromatic heterocycles. The van der Waals surface area contributed by atoms with Gasteiger partial charge in [0.1, 0.15) is 5.75 Å². The zero-order valence-corrected chi connectivity index (χ0v) is 20.8. The van der Waals surface area contributed by atoms with E-state index >= 15 is 0 Å². The van der Waals surface area contributed by atoms with Crippen LogP contribution in [0.15, 0.2) is 53.5 Å². The molecule has 1 amide bonds. The van der Waals surface area contributed by atoms with Gasteiger partial charge in [0.25, 0.3) is 0 Å². The first kappa shape index (κ1) is 24.8. The van der Waals surface area contributed by atoms with Crippen LogP contribution >= 0.6 is 0 Å². The number of amides is 1. The van der Waals surface area contributed by atoms with Gasteiger partial charge in [-0.1, -0.05) is 57.7 Å². The van der Waals surface area contributed by atoms with Crippen LogP contribution in [0.4, 0.5) is 0 Å². The van der Waals surface area contributed by atoms with E-state index in [4.69, 9.17) is 9.73 Å². The van der Waals surface area contributed by atoms with Crippen molar-refractivity contribution in [2.75, 3.05) is 6.61 Å². The number of benzene rings is 2. The average molecular weight is 447 g/mol. The third-order valence-corrected chi connectivity index (χ3v) is 6.47. The van der Waals surface area contributed by atoms with Gasteiger partial charge in [-0.15, -0.1) is 0 Å². The van der Waals surface area contributed by atoms with Gasteiger partial charge in [-0.25, -0.2) is 0 Å². The molecule has 1 saturated carbocycles. The van der Waals surface area contributed by atoms with Crippen LogP contribution in [-0.4, -0.2) is 24.3 Å². The standard InChI is InChI=1S/C29H38N2O2/c1-7-14-33-28-13-12-25(21(5)22(28)6)18-30-27-17-26(15-20(27)4)31-29(32)16-23-8-10-24(11-9-23)19(2)3/h8-13,19,26H,4,7,14-18H2,1-3,5-6H3,(H,31,32). The average Bonchev–Trinajstić information content (AvgIpc) is 3.13.